The van der Waals surface area contributed by atoms with Crippen molar-refractivity contribution in [2.24, 2.45) is 0 Å². The second-order valence-electron chi connectivity index (χ2n) is 4.42. The molecule has 0 aliphatic carbocycles. The maximum absolute atomic E-state index is 11.7. The van der Waals surface area contributed by atoms with Crippen LogP contribution in [0.5, 0.6) is 0 Å². The molecule has 104 valence electrons. The molecule has 2 amide bonds. The van der Waals surface area contributed by atoms with Crippen molar-refractivity contribution in [2.45, 2.75) is 32.7 Å². The Balaban J connectivity index is 2.36. The van der Waals surface area contributed by atoms with Gasteiger partial charge in [-0.1, -0.05) is 41.1 Å². The van der Waals surface area contributed by atoms with Crippen LogP contribution in [0, 0.1) is 0 Å². The van der Waals surface area contributed by atoms with E-state index in [0.29, 0.717) is 0 Å². The van der Waals surface area contributed by atoms with Crippen LogP contribution in [0.4, 0.5) is 0 Å². The topological polar surface area (TPSA) is 58.2 Å². The molecule has 1 rings (SSSR count). The number of nitrogens with one attached hydrogen (secondary N) is 2. The van der Waals surface area contributed by atoms with Crippen molar-refractivity contribution in [3.63, 3.8) is 0 Å². The molecule has 0 fully saturated rings. The average molecular weight is 327 g/mol. The summed E-state index contributed by atoms with van der Waals surface area (Å²) in [6.45, 7) is 3.95. The van der Waals surface area contributed by atoms with Gasteiger partial charge in [-0.15, -0.1) is 0 Å². The predicted molar refractivity (Wildman–Crippen MR) is 78.8 cm³/mol. The molecule has 0 saturated carbocycles. The van der Waals surface area contributed by atoms with Gasteiger partial charge in [0, 0.05) is 10.5 Å². The minimum absolute atomic E-state index is 0.0215. The number of hydrogen-bond donors (Lipinski definition) is 2. The van der Waals surface area contributed by atoms with Crippen LogP contribution in [0.25, 0.3) is 0 Å². The van der Waals surface area contributed by atoms with Crippen LogP contribution in [0.15, 0.2) is 28.7 Å². The number of benzene rings is 1. The molecule has 19 heavy (non-hydrogen) atoms. The van der Waals surface area contributed by atoms with Crippen molar-refractivity contribution in [3.05, 3.63) is 34.3 Å². The van der Waals surface area contributed by atoms with E-state index in [4.69, 9.17) is 0 Å². The molecule has 0 heterocycles. The second-order valence-corrected chi connectivity index (χ2v) is 5.28. The van der Waals surface area contributed by atoms with E-state index < -0.39 is 0 Å². The Hall–Kier alpha value is -1.36. The molecular weight excluding hydrogens is 308 g/mol. The van der Waals surface area contributed by atoms with Crippen LogP contribution in [-0.2, 0) is 16.0 Å². The van der Waals surface area contributed by atoms with E-state index in [0.717, 1.165) is 16.5 Å². The van der Waals surface area contributed by atoms with Gasteiger partial charge in [0.25, 0.3) is 0 Å². The lowest BCUT2D eigenvalue weighted by molar-refractivity contribution is -0.126. The second kappa shape index (κ2) is 7.94. The number of carbonyl (C=O) groups is 2. The Morgan fingerprint density at radius 3 is 2.58 bits per heavy atom. The summed E-state index contributed by atoms with van der Waals surface area (Å²) in [6.07, 6.45) is 1.13. The molecular formula is C14H19BrN2O2. The summed E-state index contributed by atoms with van der Waals surface area (Å²) in [5, 5.41) is 5.41. The van der Waals surface area contributed by atoms with E-state index in [1.54, 1.807) is 0 Å². The van der Waals surface area contributed by atoms with Crippen molar-refractivity contribution in [1.29, 1.82) is 0 Å². The lowest BCUT2D eigenvalue weighted by atomic mass is 10.1. The Kier molecular flexibility index (Phi) is 6.56. The van der Waals surface area contributed by atoms with Crippen molar-refractivity contribution in [1.82, 2.24) is 10.6 Å². The first-order chi connectivity index (χ1) is 9.02. The molecule has 0 radical (unpaired) electrons. The lowest BCUT2D eigenvalue weighted by Gasteiger charge is -2.12. The third-order valence-electron chi connectivity index (χ3n) is 2.77. The maximum atomic E-state index is 11.7. The Bertz CT molecular complexity index is 449. The summed E-state index contributed by atoms with van der Waals surface area (Å²) >= 11 is 3.39. The molecule has 0 aliphatic rings. The molecule has 1 atom stereocenters. The van der Waals surface area contributed by atoms with Gasteiger partial charge < -0.3 is 10.6 Å². The fourth-order valence-electron chi connectivity index (χ4n) is 1.48. The van der Waals surface area contributed by atoms with E-state index in [1.807, 2.05) is 38.1 Å². The number of halogens is 1. The molecule has 0 aliphatic heterocycles. The third kappa shape index (κ3) is 5.87. The van der Waals surface area contributed by atoms with E-state index >= 15 is 0 Å². The monoisotopic (exact) mass is 326 g/mol. The van der Waals surface area contributed by atoms with Gasteiger partial charge in [0.15, 0.2) is 0 Å². The van der Waals surface area contributed by atoms with Crippen LogP contribution in [0.1, 0.15) is 25.8 Å². The third-order valence-corrected chi connectivity index (χ3v) is 3.55. The average Bonchev–Trinajstić information content (AvgIpc) is 2.39. The number of amides is 2. The number of hydrogen-bond acceptors (Lipinski definition) is 2. The zero-order valence-electron chi connectivity index (χ0n) is 11.2. The van der Waals surface area contributed by atoms with Crippen LogP contribution in [0.3, 0.4) is 0 Å². The van der Waals surface area contributed by atoms with Crippen molar-refractivity contribution < 1.29 is 9.59 Å². The first-order valence-corrected chi connectivity index (χ1v) is 7.11. The first-order valence-electron chi connectivity index (χ1n) is 6.32. The molecule has 1 aromatic rings. The van der Waals surface area contributed by atoms with Crippen LogP contribution < -0.4 is 10.6 Å². The minimum Gasteiger partial charge on any atom is -0.352 e. The molecule has 4 nitrogen and oxygen atoms in total. The lowest BCUT2D eigenvalue weighted by Crippen LogP contribution is -2.41. The fraction of sp³-hybridized carbons (Fsp3) is 0.429. The molecule has 5 heteroatoms. The summed E-state index contributed by atoms with van der Waals surface area (Å²) in [6, 6.07) is 7.67. The van der Waals surface area contributed by atoms with E-state index in [2.05, 4.69) is 26.6 Å². The largest absolute Gasteiger partial charge is 0.352 e. The zero-order chi connectivity index (χ0) is 14.3. The quantitative estimate of drug-likeness (QED) is 0.840. The molecule has 0 spiro atoms. The smallest absolute Gasteiger partial charge is 0.239 e. The molecule has 2 N–H and O–H groups in total. The summed E-state index contributed by atoms with van der Waals surface area (Å²) in [7, 11) is 0. The van der Waals surface area contributed by atoms with Gasteiger partial charge in [-0.25, -0.2) is 0 Å². The van der Waals surface area contributed by atoms with E-state index in [9.17, 15) is 9.59 Å². The highest BCUT2D eigenvalue weighted by Gasteiger charge is 2.09. The number of carbonyl (C=O) groups excluding carboxylic acids is 2. The SMILES string of the molecule is CCC(C)NC(=O)CNC(=O)Cc1ccccc1Br. The van der Waals surface area contributed by atoms with Gasteiger partial charge in [-0.3, -0.25) is 9.59 Å². The normalized spacial score (nSPS) is 11.7. The Morgan fingerprint density at radius 2 is 1.95 bits per heavy atom. The highest BCUT2D eigenvalue weighted by molar-refractivity contribution is 9.10. The summed E-state index contributed by atoms with van der Waals surface area (Å²) in [5.41, 5.74) is 0.905. The standard InChI is InChI=1S/C14H19BrN2O2/c1-3-10(2)17-14(19)9-16-13(18)8-11-6-4-5-7-12(11)15/h4-7,10H,3,8-9H2,1-2H3,(H,16,18)(H,17,19). The summed E-state index contributed by atoms with van der Waals surface area (Å²) in [5.74, 6) is -0.318. The fourth-order valence-corrected chi connectivity index (χ4v) is 1.91. The van der Waals surface area contributed by atoms with Gasteiger partial charge in [0.2, 0.25) is 11.8 Å². The highest BCUT2D eigenvalue weighted by atomic mass is 79.9. The van der Waals surface area contributed by atoms with Crippen molar-refractivity contribution >= 4 is 27.7 Å². The van der Waals surface area contributed by atoms with Gasteiger partial charge in [0.05, 0.1) is 13.0 Å². The Morgan fingerprint density at radius 1 is 1.26 bits per heavy atom. The zero-order valence-corrected chi connectivity index (χ0v) is 12.8. The van der Waals surface area contributed by atoms with Crippen molar-refractivity contribution in [2.75, 3.05) is 6.54 Å². The summed E-state index contributed by atoms with van der Waals surface area (Å²) in [4.78, 5) is 23.2. The Labute approximate surface area is 122 Å². The predicted octanol–water partition coefficient (Wildman–Crippen LogP) is 2.02. The molecule has 0 aromatic heterocycles. The van der Waals surface area contributed by atoms with Gasteiger partial charge in [-0.2, -0.15) is 0 Å². The molecule has 1 aromatic carbocycles. The number of rotatable bonds is 6. The van der Waals surface area contributed by atoms with Gasteiger partial charge in [0.1, 0.15) is 0 Å². The van der Waals surface area contributed by atoms with Gasteiger partial charge >= 0.3 is 0 Å². The minimum atomic E-state index is -0.161. The van der Waals surface area contributed by atoms with Gasteiger partial charge in [-0.05, 0) is 25.0 Å². The van der Waals surface area contributed by atoms with Crippen LogP contribution >= 0.6 is 15.9 Å². The van der Waals surface area contributed by atoms with E-state index in [-0.39, 0.29) is 30.8 Å². The maximum Gasteiger partial charge on any atom is 0.239 e. The van der Waals surface area contributed by atoms with Crippen molar-refractivity contribution in [3.8, 4) is 0 Å². The van der Waals surface area contributed by atoms with Crippen LogP contribution in [0.2, 0.25) is 0 Å². The molecule has 0 saturated heterocycles. The molecule has 1 unspecified atom stereocenters. The first kappa shape index (κ1) is 15.7. The summed E-state index contributed by atoms with van der Waals surface area (Å²) < 4.78 is 0.897. The van der Waals surface area contributed by atoms with Crippen LogP contribution in [-0.4, -0.2) is 24.4 Å². The molecule has 0 bridgehead atoms. The van der Waals surface area contributed by atoms with E-state index in [1.165, 1.54) is 0 Å². The highest BCUT2D eigenvalue weighted by Crippen LogP contribution is 2.15.